The Hall–Kier alpha value is -3.31. The fraction of sp³-hybridized carbons (Fsp3) is 0.296. The Kier molecular flexibility index (Phi) is 7.41. The fourth-order valence-corrected chi connectivity index (χ4v) is 4.08. The highest BCUT2D eigenvalue weighted by molar-refractivity contribution is 5.95. The van der Waals surface area contributed by atoms with Gasteiger partial charge in [0.2, 0.25) is 0 Å². The molecule has 1 saturated heterocycles. The molecule has 1 aliphatic rings. The van der Waals surface area contributed by atoms with Gasteiger partial charge in [-0.1, -0.05) is 73.5 Å². The summed E-state index contributed by atoms with van der Waals surface area (Å²) < 4.78 is 5.78. The zero-order valence-electron chi connectivity index (χ0n) is 18.2. The van der Waals surface area contributed by atoms with Crippen LogP contribution >= 0.6 is 0 Å². The SMILES string of the molecule is O=C(NC1CCCCCN1Cc1ccccc1)c1ccc(O)c(OCc2ccccc2)c1. The van der Waals surface area contributed by atoms with Crippen LogP contribution in [-0.4, -0.2) is 28.6 Å². The van der Waals surface area contributed by atoms with Crippen LogP contribution in [0.25, 0.3) is 0 Å². The largest absolute Gasteiger partial charge is 0.504 e. The van der Waals surface area contributed by atoms with Gasteiger partial charge in [-0.3, -0.25) is 9.69 Å². The van der Waals surface area contributed by atoms with Gasteiger partial charge in [0.05, 0.1) is 6.17 Å². The molecule has 5 nitrogen and oxygen atoms in total. The van der Waals surface area contributed by atoms with Crippen molar-refractivity contribution in [1.29, 1.82) is 0 Å². The van der Waals surface area contributed by atoms with E-state index in [1.807, 2.05) is 48.5 Å². The molecule has 166 valence electrons. The maximum Gasteiger partial charge on any atom is 0.252 e. The highest BCUT2D eigenvalue weighted by atomic mass is 16.5. The van der Waals surface area contributed by atoms with Crippen LogP contribution in [0.3, 0.4) is 0 Å². The van der Waals surface area contributed by atoms with Crippen molar-refractivity contribution in [2.24, 2.45) is 0 Å². The van der Waals surface area contributed by atoms with Gasteiger partial charge in [0, 0.05) is 18.7 Å². The maximum atomic E-state index is 13.1. The summed E-state index contributed by atoms with van der Waals surface area (Å²) in [6, 6.07) is 24.9. The molecule has 1 heterocycles. The summed E-state index contributed by atoms with van der Waals surface area (Å²) in [5, 5.41) is 13.4. The number of phenols is 1. The number of hydrogen-bond acceptors (Lipinski definition) is 4. The number of aromatic hydroxyl groups is 1. The molecule has 2 N–H and O–H groups in total. The van der Waals surface area contributed by atoms with Gasteiger partial charge in [-0.15, -0.1) is 0 Å². The van der Waals surface area contributed by atoms with Crippen LogP contribution in [0.4, 0.5) is 0 Å². The molecule has 0 spiro atoms. The molecule has 0 aliphatic carbocycles. The van der Waals surface area contributed by atoms with Gasteiger partial charge < -0.3 is 15.2 Å². The average molecular weight is 431 g/mol. The minimum absolute atomic E-state index is 0.0207. The first-order valence-corrected chi connectivity index (χ1v) is 11.3. The quantitative estimate of drug-likeness (QED) is 0.547. The van der Waals surface area contributed by atoms with Crippen molar-refractivity contribution in [1.82, 2.24) is 10.2 Å². The van der Waals surface area contributed by atoms with Crippen LogP contribution in [-0.2, 0) is 13.2 Å². The number of carbonyl (C=O) groups is 1. The molecule has 1 atom stereocenters. The molecule has 1 unspecified atom stereocenters. The predicted molar refractivity (Wildman–Crippen MR) is 125 cm³/mol. The predicted octanol–water partition coefficient (Wildman–Crippen LogP) is 5.10. The highest BCUT2D eigenvalue weighted by Crippen LogP contribution is 2.28. The molecule has 32 heavy (non-hydrogen) atoms. The van der Waals surface area contributed by atoms with Gasteiger partial charge in [0.25, 0.3) is 5.91 Å². The second kappa shape index (κ2) is 10.8. The van der Waals surface area contributed by atoms with Crippen molar-refractivity contribution >= 4 is 5.91 Å². The molecule has 0 radical (unpaired) electrons. The Morgan fingerprint density at radius 2 is 1.66 bits per heavy atom. The number of nitrogens with zero attached hydrogens (tertiary/aromatic N) is 1. The Bertz CT molecular complexity index is 1010. The molecule has 1 amide bonds. The van der Waals surface area contributed by atoms with Crippen LogP contribution in [0, 0.1) is 0 Å². The van der Waals surface area contributed by atoms with Crippen LogP contribution < -0.4 is 10.1 Å². The first-order valence-electron chi connectivity index (χ1n) is 11.3. The number of hydrogen-bond donors (Lipinski definition) is 2. The lowest BCUT2D eigenvalue weighted by molar-refractivity contribution is 0.0837. The topological polar surface area (TPSA) is 61.8 Å². The lowest BCUT2D eigenvalue weighted by atomic mass is 10.1. The van der Waals surface area contributed by atoms with E-state index in [1.54, 1.807) is 12.1 Å². The summed E-state index contributed by atoms with van der Waals surface area (Å²) in [7, 11) is 0. The van der Waals surface area contributed by atoms with Gasteiger partial charge >= 0.3 is 0 Å². The molecule has 0 aromatic heterocycles. The zero-order chi connectivity index (χ0) is 22.2. The molecular formula is C27H30N2O3. The Morgan fingerprint density at radius 1 is 0.938 bits per heavy atom. The Labute approximate surface area is 189 Å². The van der Waals surface area contributed by atoms with Crippen molar-refractivity contribution < 1.29 is 14.6 Å². The highest BCUT2D eigenvalue weighted by Gasteiger charge is 2.23. The molecular weight excluding hydrogens is 400 g/mol. The minimum Gasteiger partial charge on any atom is -0.504 e. The van der Waals surface area contributed by atoms with Gasteiger partial charge in [-0.2, -0.15) is 0 Å². The monoisotopic (exact) mass is 430 g/mol. The summed E-state index contributed by atoms with van der Waals surface area (Å²) in [5.74, 6) is 0.181. The lowest BCUT2D eigenvalue weighted by Crippen LogP contribution is -2.47. The molecule has 3 aromatic rings. The molecule has 5 heteroatoms. The Balaban J connectivity index is 1.44. The molecule has 1 aliphatic heterocycles. The second-order valence-electron chi connectivity index (χ2n) is 8.25. The van der Waals surface area contributed by atoms with E-state index in [0.29, 0.717) is 17.9 Å². The van der Waals surface area contributed by atoms with E-state index < -0.39 is 0 Å². The molecule has 0 saturated carbocycles. The summed E-state index contributed by atoms with van der Waals surface area (Å²) in [6.45, 7) is 2.10. The van der Waals surface area contributed by atoms with Gasteiger partial charge in [0.15, 0.2) is 11.5 Å². The number of amides is 1. The van der Waals surface area contributed by atoms with Crippen molar-refractivity contribution in [3.05, 3.63) is 95.6 Å². The number of rotatable bonds is 7. The van der Waals surface area contributed by atoms with Crippen molar-refractivity contribution in [3.63, 3.8) is 0 Å². The third kappa shape index (κ3) is 5.89. The van der Waals surface area contributed by atoms with Gasteiger partial charge in [0.1, 0.15) is 6.61 Å². The Morgan fingerprint density at radius 3 is 2.41 bits per heavy atom. The second-order valence-corrected chi connectivity index (χ2v) is 8.25. The van der Waals surface area contributed by atoms with E-state index >= 15 is 0 Å². The van der Waals surface area contributed by atoms with Crippen LogP contribution in [0.5, 0.6) is 11.5 Å². The van der Waals surface area contributed by atoms with Crippen molar-refractivity contribution in [2.75, 3.05) is 6.54 Å². The fourth-order valence-electron chi connectivity index (χ4n) is 4.08. The average Bonchev–Trinajstić information content (AvgIpc) is 3.05. The van der Waals surface area contributed by atoms with Crippen LogP contribution in [0.2, 0.25) is 0 Å². The molecule has 4 rings (SSSR count). The number of likely N-dealkylation sites (tertiary alicyclic amines) is 1. The van der Waals surface area contributed by atoms with E-state index in [-0.39, 0.29) is 17.8 Å². The molecule has 0 bridgehead atoms. The zero-order valence-corrected chi connectivity index (χ0v) is 18.2. The maximum absolute atomic E-state index is 13.1. The third-order valence-electron chi connectivity index (χ3n) is 5.85. The number of ether oxygens (including phenoxy) is 1. The lowest BCUT2D eigenvalue weighted by Gasteiger charge is -2.30. The summed E-state index contributed by atoms with van der Waals surface area (Å²) in [4.78, 5) is 15.4. The minimum atomic E-state index is -0.153. The molecule has 3 aromatic carbocycles. The number of benzene rings is 3. The van der Waals surface area contributed by atoms with Gasteiger partial charge in [-0.05, 0) is 42.2 Å². The standard InChI is InChI=1S/C27H30N2O3/c30-24-16-15-23(18-25(24)32-20-22-12-6-2-7-13-22)27(31)28-26-14-8-3-9-17-29(26)19-21-10-4-1-5-11-21/h1-2,4-7,10-13,15-16,18,26,30H,3,8-9,14,17,19-20H2,(H,28,31). The summed E-state index contributed by atoms with van der Waals surface area (Å²) in [6.07, 6.45) is 4.31. The van der Waals surface area contributed by atoms with Crippen LogP contribution in [0.1, 0.15) is 47.2 Å². The van der Waals surface area contributed by atoms with Crippen molar-refractivity contribution in [2.45, 2.75) is 45.0 Å². The first kappa shape index (κ1) is 21.9. The van der Waals surface area contributed by atoms with Crippen LogP contribution in [0.15, 0.2) is 78.9 Å². The van der Waals surface area contributed by atoms with E-state index in [2.05, 4.69) is 22.3 Å². The van der Waals surface area contributed by atoms with E-state index in [0.717, 1.165) is 37.9 Å². The van der Waals surface area contributed by atoms with E-state index in [9.17, 15) is 9.90 Å². The third-order valence-corrected chi connectivity index (χ3v) is 5.85. The van der Waals surface area contributed by atoms with Crippen molar-refractivity contribution in [3.8, 4) is 11.5 Å². The number of carbonyl (C=O) groups excluding carboxylic acids is 1. The number of nitrogens with one attached hydrogen (secondary N) is 1. The van der Waals surface area contributed by atoms with E-state index in [1.165, 1.54) is 18.1 Å². The molecule has 1 fully saturated rings. The number of phenolic OH excluding ortho intramolecular Hbond substituents is 1. The van der Waals surface area contributed by atoms with E-state index in [4.69, 9.17) is 4.74 Å². The summed E-state index contributed by atoms with van der Waals surface area (Å²) >= 11 is 0. The first-order chi connectivity index (χ1) is 15.7. The summed E-state index contributed by atoms with van der Waals surface area (Å²) in [5.41, 5.74) is 2.72. The normalized spacial score (nSPS) is 16.8. The smallest absolute Gasteiger partial charge is 0.252 e. The van der Waals surface area contributed by atoms with Gasteiger partial charge in [-0.25, -0.2) is 0 Å².